The van der Waals surface area contributed by atoms with Crippen LogP contribution in [0.5, 0.6) is 0 Å². The third-order valence-electron chi connectivity index (χ3n) is 3.06. The molecule has 1 amide bonds. The van der Waals surface area contributed by atoms with Gasteiger partial charge in [-0.3, -0.25) is 9.69 Å². The third kappa shape index (κ3) is 8.61. The van der Waals surface area contributed by atoms with E-state index < -0.39 is 0 Å². The number of rotatable bonds is 9. The Labute approximate surface area is 118 Å². The van der Waals surface area contributed by atoms with Crippen LogP contribution in [0.15, 0.2) is 0 Å². The highest BCUT2D eigenvalue weighted by molar-refractivity contribution is 5.81. The topological polar surface area (TPSA) is 56.1 Å². The Balaban J connectivity index is 4.30. The van der Waals surface area contributed by atoms with E-state index >= 15 is 0 Å². The van der Waals surface area contributed by atoms with Gasteiger partial charge in [-0.1, -0.05) is 27.7 Å². The number of amides is 1. The predicted octanol–water partition coefficient (Wildman–Crippen LogP) is 2.41. The van der Waals surface area contributed by atoms with E-state index in [2.05, 4.69) is 44.0 Å². The summed E-state index contributed by atoms with van der Waals surface area (Å²) in [4.78, 5) is 14.2. The quantitative estimate of drug-likeness (QED) is 0.698. The maximum absolute atomic E-state index is 12.1. The van der Waals surface area contributed by atoms with Crippen LogP contribution in [-0.4, -0.2) is 36.5 Å². The maximum Gasteiger partial charge on any atom is 0.237 e. The maximum atomic E-state index is 12.1. The lowest BCUT2D eigenvalue weighted by Crippen LogP contribution is -2.47. The van der Waals surface area contributed by atoms with Crippen molar-refractivity contribution < 1.29 is 4.79 Å². The first kappa shape index (κ1) is 17.9. The van der Waals surface area contributed by atoms with E-state index in [-0.39, 0.29) is 11.9 Å². The van der Waals surface area contributed by atoms with E-state index in [1.165, 1.54) is 0 Å². The fraction of sp³-hybridized carbons (Fsp3) is 0.867. The van der Waals surface area contributed by atoms with Crippen molar-refractivity contribution >= 4 is 5.91 Å². The average Bonchev–Trinajstić information content (AvgIpc) is 2.32. The molecule has 0 rings (SSSR count). The van der Waals surface area contributed by atoms with E-state index in [0.717, 1.165) is 19.5 Å². The van der Waals surface area contributed by atoms with Gasteiger partial charge in [0, 0.05) is 26.1 Å². The Bertz CT molecular complexity index is 294. The molecule has 0 radical (unpaired) electrons. The van der Waals surface area contributed by atoms with E-state index in [9.17, 15) is 4.79 Å². The van der Waals surface area contributed by atoms with Crippen LogP contribution in [0, 0.1) is 23.2 Å². The van der Waals surface area contributed by atoms with Crippen LogP contribution >= 0.6 is 0 Å². The minimum atomic E-state index is -0.164. The molecule has 0 saturated carbocycles. The number of nitrogens with zero attached hydrogens (tertiary/aromatic N) is 2. The summed E-state index contributed by atoms with van der Waals surface area (Å²) < 4.78 is 0. The molecular weight excluding hydrogens is 238 g/mol. The molecule has 0 saturated heterocycles. The molecule has 0 spiro atoms. The molecule has 19 heavy (non-hydrogen) atoms. The highest BCUT2D eigenvalue weighted by Gasteiger charge is 2.21. The molecule has 0 aliphatic rings. The van der Waals surface area contributed by atoms with Gasteiger partial charge in [-0.25, -0.2) is 0 Å². The minimum Gasteiger partial charge on any atom is -0.355 e. The summed E-state index contributed by atoms with van der Waals surface area (Å²) in [5, 5.41) is 11.7. The zero-order chi connectivity index (χ0) is 14.8. The number of nitriles is 1. The van der Waals surface area contributed by atoms with Gasteiger partial charge in [-0.05, 0) is 25.2 Å². The molecule has 4 heteroatoms. The average molecular weight is 267 g/mol. The summed E-state index contributed by atoms with van der Waals surface area (Å²) in [6.07, 6.45) is 1.47. The summed E-state index contributed by atoms with van der Waals surface area (Å²) in [6, 6.07) is 1.99. The molecule has 1 atom stereocenters. The Morgan fingerprint density at radius 3 is 2.32 bits per heavy atom. The van der Waals surface area contributed by atoms with E-state index in [0.29, 0.717) is 24.8 Å². The first-order valence-corrected chi connectivity index (χ1v) is 7.27. The zero-order valence-corrected chi connectivity index (χ0v) is 13.1. The van der Waals surface area contributed by atoms with Gasteiger partial charge in [0.05, 0.1) is 12.1 Å². The second-order valence-corrected chi connectivity index (χ2v) is 5.95. The largest absolute Gasteiger partial charge is 0.355 e. The van der Waals surface area contributed by atoms with Crippen LogP contribution < -0.4 is 5.32 Å². The summed E-state index contributed by atoms with van der Waals surface area (Å²) in [7, 11) is 0. The summed E-state index contributed by atoms with van der Waals surface area (Å²) >= 11 is 0. The van der Waals surface area contributed by atoms with Gasteiger partial charge < -0.3 is 5.32 Å². The van der Waals surface area contributed by atoms with E-state index in [4.69, 9.17) is 5.26 Å². The molecule has 110 valence electrons. The minimum absolute atomic E-state index is 0.0687. The van der Waals surface area contributed by atoms with Gasteiger partial charge in [0.25, 0.3) is 0 Å². The monoisotopic (exact) mass is 267 g/mol. The first-order valence-electron chi connectivity index (χ1n) is 7.27. The summed E-state index contributed by atoms with van der Waals surface area (Å²) in [5.74, 6) is 1.16. The SMILES string of the molecule is CC(C)CCNC(=O)C(C)N(CCC#N)CC(C)C. The molecule has 0 aromatic heterocycles. The fourth-order valence-corrected chi connectivity index (χ4v) is 1.90. The number of carbonyl (C=O) groups is 1. The van der Waals surface area contributed by atoms with Crippen molar-refractivity contribution in [2.24, 2.45) is 11.8 Å². The molecule has 0 aromatic rings. The molecule has 0 aliphatic heterocycles. The molecule has 1 unspecified atom stereocenters. The normalized spacial score (nSPS) is 12.8. The molecule has 0 heterocycles. The zero-order valence-electron chi connectivity index (χ0n) is 13.1. The van der Waals surface area contributed by atoms with Crippen molar-refractivity contribution in [2.45, 2.75) is 53.5 Å². The van der Waals surface area contributed by atoms with Crippen molar-refractivity contribution in [2.75, 3.05) is 19.6 Å². The summed E-state index contributed by atoms with van der Waals surface area (Å²) in [5.41, 5.74) is 0. The van der Waals surface area contributed by atoms with Gasteiger partial charge in [-0.2, -0.15) is 5.26 Å². The standard InChI is InChI=1S/C15H29N3O/c1-12(2)7-9-17-15(19)14(5)18(10-6-8-16)11-13(3)4/h12-14H,6-7,9-11H2,1-5H3,(H,17,19). The van der Waals surface area contributed by atoms with Crippen LogP contribution in [-0.2, 0) is 4.79 Å². The Kier molecular flexibility index (Phi) is 9.24. The smallest absolute Gasteiger partial charge is 0.237 e. The molecule has 0 bridgehead atoms. The van der Waals surface area contributed by atoms with Crippen molar-refractivity contribution in [3.8, 4) is 6.07 Å². The van der Waals surface area contributed by atoms with E-state index in [1.54, 1.807) is 0 Å². The fourth-order valence-electron chi connectivity index (χ4n) is 1.90. The molecule has 0 aromatic carbocycles. The Morgan fingerprint density at radius 1 is 1.21 bits per heavy atom. The van der Waals surface area contributed by atoms with Crippen molar-refractivity contribution in [3.63, 3.8) is 0 Å². The Morgan fingerprint density at radius 2 is 1.84 bits per heavy atom. The van der Waals surface area contributed by atoms with Gasteiger partial charge in [-0.15, -0.1) is 0 Å². The van der Waals surface area contributed by atoms with Crippen molar-refractivity contribution in [3.05, 3.63) is 0 Å². The van der Waals surface area contributed by atoms with Crippen molar-refractivity contribution in [1.82, 2.24) is 10.2 Å². The number of nitrogens with one attached hydrogen (secondary N) is 1. The molecule has 1 N–H and O–H groups in total. The second-order valence-electron chi connectivity index (χ2n) is 5.95. The first-order chi connectivity index (χ1) is 8.88. The van der Waals surface area contributed by atoms with Gasteiger partial charge >= 0.3 is 0 Å². The van der Waals surface area contributed by atoms with Crippen molar-refractivity contribution in [1.29, 1.82) is 5.26 Å². The van der Waals surface area contributed by atoms with Crippen LogP contribution in [0.4, 0.5) is 0 Å². The molecule has 0 fully saturated rings. The van der Waals surface area contributed by atoms with Gasteiger partial charge in [0.1, 0.15) is 0 Å². The Hall–Kier alpha value is -1.08. The van der Waals surface area contributed by atoms with Crippen LogP contribution in [0.1, 0.15) is 47.5 Å². The molecular formula is C15H29N3O. The third-order valence-corrected chi connectivity index (χ3v) is 3.06. The molecule has 4 nitrogen and oxygen atoms in total. The summed E-state index contributed by atoms with van der Waals surface area (Å²) in [6.45, 7) is 12.7. The lowest BCUT2D eigenvalue weighted by molar-refractivity contribution is -0.126. The van der Waals surface area contributed by atoms with E-state index in [1.807, 2.05) is 6.92 Å². The highest BCUT2D eigenvalue weighted by atomic mass is 16.2. The lowest BCUT2D eigenvalue weighted by atomic mass is 10.1. The predicted molar refractivity (Wildman–Crippen MR) is 78.6 cm³/mol. The number of hydrogen-bond acceptors (Lipinski definition) is 3. The van der Waals surface area contributed by atoms with Crippen LogP contribution in [0.2, 0.25) is 0 Å². The van der Waals surface area contributed by atoms with Gasteiger partial charge in [0.2, 0.25) is 5.91 Å². The number of carbonyl (C=O) groups excluding carboxylic acids is 1. The second kappa shape index (κ2) is 9.80. The van der Waals surface area contributed by atoms with Gasteiger partial charge in [0.15, 0.2) is 0 Å². The number of hydrogen-bond donors (Lipinski definition) is 1. The van der Waals surface area contributed by atoms with Crippen LogP contribution in [0.25, 0.3) is 0 Å². The van der Waals surface area contributed by atoms with Crippen LogP contribution in [0.3, 0.4) is 0 Å². The highest BCUT2D eigenvalue weighted by Crippen LogP contribution is 2.06. The lowest BCUT2D eigenvalue weighted by Gasteiger charge is -2.29. The molecule has 0 aliphatic carbocycles.